The van der Waals surface area contributed by atoms with Gasteiger partial charge in [-0.2, -0.15) is 0 Å². The van der Waals surface area contributed by atoms with Gasteiger partial charge in [-0.3, -0.25) is 9.55 Å². The molecule has 3 rings (SSSR count). The van der Waals surface area contributed by atoms with Crippen LogP contribution in [-0.4, -0.2) is 34.4 Å². The van der Waals surface area contributed by atoms with Gasteiger partial charge in [-0.05, 0) is 17.7 Å². The molecule has 1 aromatic carbocycles. The van der Waals surface area contributed by atoms with E-state index < -0.39 is 0 Å². The van der Waals surface area contributed by atoms with Crippen LogP contribution in [0.25, 0.3) is 0 Å². The zero-order valence-corrected chi connectivity index (χ0v) is 13.8. The lowest BCUT2D eigenvalue weighted by atomic mass is 9.95. The summed E-state index contributed by atoms with van der Waals surface area (Å²) in [5.74, 6) is -0.147. The maximum atomic E-state index is 11.8. The fraction of sp³-hybridized carbons (Fsp3) is 0.400. The predicted octanol–water partition coefficient (Wildman–Crippen LogP) is 2.17. The van der Waals surface area contributed by atoms with Crippen LogP contribution in [0.1, 0.15) is 11.7 Å². The van der Waals surface area contributed by atoms with Crippen LogP contribution in [0.3, 0.4) is 0 Å². The summed E-state index contributed by atoms with van der Waals surface area (Å²) in [5, 5.41) is 13.7. The molecule has 2 aromatic rings. The van der Waals surface area contributed by atoms with Crippen molar-refractivity contribution in [3.63, 3.8) is 0 Å². The smallest absolute Gasteiger partial charge is 0.328 e. The number of nitrogens with zero attached hydrogens (tertiary/aromatic N) is 1. The minimum absolute atomic E-state index is 0.00245. The first-order chi connectivity index (χ1) is 11.0. The molecule has 2 unspecified atom stereocenters. The lowest BCUT2D eigenvalue weighted by Crippen LogP contribution is -2.31. The van der Waals surface area contributed by atoms with E-state index in [0.29, 0.717) is 29.7 Å². The predicted molar refractivity (Wildman–Crippen MR) is 88.2 cm³/mol. The highest BCUT2D eigenvalue weighted by Gasteiger charge is 2.27. The number of nitrogens with one attached hydrogen (secondary N) is 2. The molecule has 0 spiro atoms. The number of aromatic nitrogens is 2. The molecule has 2 atom stereocenters. The van der Waals surface area contributed by atoms with Gasteiger partial charge in [0, 0.05) is 25.6 Å². The molecular formula is C15H17Cl2N3O3. The van der Waals surface area contributed by atoms with Gasteiger partial charge in [0.25, 0.3) is 0 Å². The zero-order valence-electron chi connectivity index (χ0n) is 12.3. The summed E-state index contributed by atoms with van der Waals surface area (Å²) in [7, 11) is 0. The Bertz CT molecular complexity index is 744. The van der Waals surface area contributed by atoms with Crippen molar-refractivity contribution >= 4 is 23.2 Å². The summed E-state index contributed by atoms with van der Waals surface area (Å²) in [4.78, 5) is 14.1. The van der Waals surface area contributed by atoms with E-state index in [2.05, 4.69) is 10.3 Å². The zero-order chi connectivity index (χ0) is 16.4. The Kier molecular flexibility index (Phi) is 4.96. The molecule has 124 valence electrons. The molecule has 1 aliphatic heterocycles. The number of aromatic hydroxyl groups is 1. The van der Waals surface area contributed by atoms with Crippen molar-refractivity contribution in [2.45, 2.75) is 12.6 Å². The van der Waals surface area contributed by atoms with Gasteiger partial charge in [0.2, 0.25) is 5.88 Å². The van der Waals surface area contributed by atoms with Crippen LogP contribution < -0.4 is 11.0 Å². The van der Waals surface area contributed by atoms with E-state index in [0.717, 1.165) is 12.1 Å². The second-order valence-electron chi connectivity index (χ2n) is 5.53. The molecule has 1 saturated heterocycles. The summed E-state index contributed by atoms with van der Waals surface area (Å²) in [5.41, 5.74) is 0.570. The Balaban J connectivity index is 1.89. The summed E-state index contributed by atoms with van der Waals surface area (Å²) in [6.07, 6.45) is 1.17. The second kappa shape index (κ2) is 6.97. The highest BCUT2D eigenvalue weighted by atomic mass is 35.5. The molecule has 0 amide bonds. The van der Waals surface area contributed by atoms with Crippen LogP contribution in [0, 0.1) is 5.92 Å². The quantitative estimate of drug-likeness (QED) is 0.786. The number of H-pyrrole nitrogens is 1. The standard InChI is InChI=1S/C15H17Cl2N3O3/c16-11-2-1-9(5-12(11)17)14-10(6-18-3-4-23-14)7-20-8-13(21)19-15(20)22/h1-2,5,8,10,14,18,21H,3-4,6-7H2,(H,19,22). The van der Waals surface area contributed by atoms with Gasteiger partial charge in [-0.25, -0.2) is 4.79 Å². The van der Waals surface area contributed by atoms with Gasteiger partial charge in [-0.15, -0.1) is 0 Å². The van der Waals surface area contributed by atoms with E-state index in [1.807, 2.05) is 6.07 Å². The van der Waals surface area contributed by atoms with E-state index >= 15 is 0 Å². The molecule has 1 fully saturated rings. The van der Waals surface area contributed by atoms with Crippen LogP contribution >= 0.6 is 23.2 Å². The number of imidazole rings is 1. The van der Waals surface area contributed by atoms with Gasteiger partial charge in [-0.1, -0.05) is 29.3 Å². The molecule has 1 aliphatic rings. The average molecular weight is 358 g/mol. The van der Waals surface area contributed by atoms with Gasteiger partial charge in [0.05, 0.1) is 29.0 Å². The van der Waals surface area contributed by atoms with E-state index in [4.69, 9.17) is 27.9 Å². The van der Waals surface area contributed by atoms with Crippen LogP contribution in [0.4, 0.5) is 0 Å². The van der Waals surface area contributed by atoms with Gasteiger partial charge in [0.15, 0.2) is 0 Å². The number of hydrogen-bond donors (Lipinski definition) is 3. The number of aromatic amines is 1. The van der Waals surface area contributed by atoms with Crippen molar-refractivity contribution in [3.05, 3.63) is 50.5 Å². The number of ether oxygens (including phenoxy) is 1. The van der Waals surface area contributed by atoms with Crippen molar-refractivity contribution in [3.8, 4) is 5.88 Å². The minimum Gasteiger partial charge on any atom is -0.493 e. The van der Waals surface area contributed by atoms with Crippen molar-refractivity contribution in [2.24, 2.45) is 5.92 Å². The summed E-state index contributed by atoms with van der Waals surface area (Å²) in [6.45, 7) is 2.40. The fourth-order valence-electron chi connectivity index (χ4n) is 2.81. The largest absolute Gasteiger partial charge is 0.493 e. The molecule has 3 N–H and O–H groups in total. The van der Waals surface area contributed by atoms with E-state index in [1.165, 1.54) is 10.8 Å². The number of hydrogen-bond acceptors (Lipinski definition) is 4. The molecule has 0 saturated carbocycles. The first-order valence-electron chi connectivity index (χ1n) is 7.30. The van der Waals surface area contributed by atoms with Crippen LogP contribution in [0.5, 0.6) is 5.88 Å². The van der Waals surface area contributed by atoms with Crippen LogP contribution in [0.2, 0.25) is 10.0 Å². The molecule has 6 nitrogen and oxygen atoms in total. The first kappa shape index (κ1) is 16.4. The molecule has 0 aliphatic carbocycles. The third-order valence-corrected chi connectivity index (χ3v) is 4.63. The summed E-state index contributed by atoms with van der Waals surface area (Å²) >= 11 is 12.1. The number of rotatable bonds is 3. The Morgan fingerprint density at radius 3 is 2.87 bits per heavy atom. The van der Waals surface area contributed by atoms with Crippen LogP contribution in [-0.2, 0) is 11.3 Å². The van der Waals surface area contributed by atoms with Gasteiger partial charge >= 0.3 is 5.69 Å². The first-order valence-corrected chi connectivity index (χ1v) is 8.06. The van der Waals surface area contributed by atoms with Crippen molar-refractivity contribution in [1.82, 2.24) is 14.9 Å². The minimum atomic E-state index is -0.348. The third kappa shape index (κ3) is 3.72. The van der Waals surface area contributed by atoms with Crippen molar-refractivity contribution in [2.75, 3.05) is 19.7 Å². The Morgan fingerprint density at radius 1 is 1.35 bits per heavy atom. The lowest BCUT2D eigenvalue weighted by Gasteiger charge is -2.25. The topological polar surface area (TPSA) is 79.3 Å². The monoisotopic (exact) mass is 357 g/mol. The van der Waals surface area contributed by atoms with Crippen molar-refractivity contribution in [1.29, 1.82) is 0 Å². The number of benzene rings is 1. The molecule has 0 radical (unpaired) electrons. The average Bonchev–Trinajstić information content (AvgIpc) is 2.71. The normalized spacial score (nSPS) is 22.0. The number of halogens is 2. The van der Waals surface area contributed by atoms with Gasteiger partial charge < -0.3 is 15.2 Å². The molecule has 8 heteroatoms. The fourth-order valence-corrected chi connectivity index (χ4v) is 3.12. The van der Waals surface area contributed by atoms with Crippen LogP contribution in [0.15, 0.2) is 29.2 Å². The van der Waals surface area contributed by atoms with E-state index in [9.17, 15) is 9.90 Å². The Labute approximate surface area is 143 Å². The van der Waals surface area contributed by atoms with Crippen molar-refractivity contribution < 1.29 is 9.84 Å². The summed E-state index contributed by atoms with van der Waals surface area (Å²) < 4.78 is 7.41. The maximum absolute atomic E-state index is 11.8. The highest BCUT2D eigenvalue weighted by molar-refractivity contribution is 6.42. The lowest BCUT2D eigenvalue weighted by molar-refractivity contribution is 0.0251. The second-order valence-corrected chi connectivity index (χ2v) is 6.34. The molecule has 0 bridgehead atoms. The molecule has 23 heavy (non-hydrogen) atoms. The molecule has 1 aromatic heterocycles. The summed E-state index contributed by atoms with van der Waals surface area (Å²) in [6, 6.07) is 5.42. The Hall–Kier alpha value is -1.47. The van der Waals surface area contributed by atoms with Gasteiger partial charge in [0.1, 0.15) is 0 Å². The highest BCUT2D eigenvalue weighted by Crippen LogP contribution is 2.32. The van der Waals surface area contributed by atoms with E-state index in [1.54, 1.807) is 12.1 Å². The van der Waals surface area contributed by atoms with E-state index in [-0.39, 0.29) is 23.6 Å². The maximum Gasteiger partial charge on any atom is 0.328 e. The molecule has 2 heterocycles. The Morgan fingerprint density at radius 2 is 2.17 bits per heavy atom. The molecular weight excluding hydrogens is 341 g/mol. The SMILES string of the molecule is O=c1[nH]c(O)cn1CC1CNCCOC1c1ccc(Cl)c(Cl)c1. The third-order valence-electron chi connectivity index (χ3n) is 3.89.